The first-order valence-electron chi connectivity index (χ1n) is 19.1. The van der Waals surface area contributed by atoms with Gasteiger partial charge in [0.2, 0.25) is 33.3 Å². The lowest BCUT2D eigenvalue weighted by Crippen LogP contribution is -2.60. The average Bonchev–Trinajstić information content (AvgIpc) is 3.89. The van der Waals surface area contributed by atoms with Crippen molar-refractivity contribution in [3.63, 3.8) is 0 Å². The van der Waals surface area contributed by atoms with E-state index >= 15 is 0 Å². The molecule has 0 aromatic carbocycles. The molecule has 2 aliphatic heterocycles. The van der Waals surface area contributed by atoms with Crippen molar-refractivity contribution in [3.05, 3.63) is 42.1 Å². The highest BCUT2D eigenvalue weighted by molar-refractivity contribution is 7.91. The fraction of sp³-hybridized carbons (Fsp3) is 0.632. The van der Waals surface area contributed by atoms with Gasteiger partial charge >= 0.3 is 12.3 Å². The highest BCUT2D eigenvalue weighted by Gasteiger charge is 2.63. The van der Waals surface area contributed by atoms with Crippen molar-refractivity contribution in [2.45, 2.75) is 126 Å². The summed E-state index contributed by atoms with van der Waals surface area (Å²) in [4.78, 5) is 66.1. The van der Waals surface area contributed by atoms with E-state index in [9.17, 15) is 40.8 Å². The molecule has 0 unspecified atom stereocenters. The highest BCUT2D eigenvalue weighted by atomic mass is 32.2. The van der Waals surface area contributed by atoms with Crippen molar-refractivity contribution in [1.29, 1.82) is 0 Å². The molecule has 0 spiro atoms. The number of hydrogen-bond acceptors (Lipinski definition) is 11. The van der Waals surface area contributed by atoms with Crippen LogP contribution in [0.2, 0.25) is 0 Å². The largest absolute Gasteiger partial charge is 0.472 e. The maximum Gasteiger partial charge on any atom is 0.427 e. The number of rotatable bonds is 9. The molecule has 0 bridgehead atoms. The molecule has 19 heteroatoms. The Hall–Kier alpha value is -4.26. The number of fused-ring (bicyclic) bond motifs is 2. The number of halogens is 3. The monoisotopic (exact) mass is 838 g/mol. The molecule has 4 aliphatic rings. The number of ether oxygens (including phenoxy) is 2. The molecule has 2 aromatic rings. The van der Waals surface area contributed by atoms with E-state index in [2.05, 4.69) is 25.3 Å². The average molecular weight is 839 g/mol. The molecule has 4 amide bonds. The predicted octanol–water partition coefficient (Wildman–Crippen LogP) is 5.26. The molecule has 312 valence electrons. The summed E-state index contributed by atoms with van der Waals surface area (Å²) in [6.45, 7) is 6.51. The van der Waals surface area contributed by atoms with Crippen LogP contribution in [-0.4, -0.2) is 93.9 Å². The smallest absolute Gasteiger partial charge is 0.427 e. The van der Waals surface area contributed by atoms with Gasteiger partial charge in [0.1, 0.15) is 28.7 Å². The van der Waals surface area contributed by atoms with E-state index < -0.39 is 85.9 Å². The Morgan fingerprint density at radius 3 is 2.49 bits per heavy atom. The number of thiazole rings is 1. The minimum Gasteiger partial charge on any atom is -0.472 e. The second-order valence-corrected chi connectivity index (χ2v) is 19.5. The normalized spacial score (nSPS) is 29.7. The van der Waals surface area contributed by atoms with Gasteiger partial charge in [0.15, 0.2) is 0 Å². The molecule has 2 saturated carbocycles. The Morgan fingerprint density at radius 1 is 1.14 bits per heavy atom. The molecule has 6 rings (SSSR count). The number of aromatic nitrogens is 2. The number of alkyl carbamates (subject to hydrolysis) is 1. The first-order chi connectivity index (χ1) is 26.7. The van der Waals surface area contributed by atoms with E-state index in [0.29, 0.717) is 52.4 Å². The minimum absolute atomic E-state index is 0.0233. The van der Waals surface area contributed by atoms with Gasteiger partial charge < -0.3 is 25.0 Å². The number of pyridine rings is 1. The van der Waals surface area contributed by atoms with Gasteiger partial charge in [-0.05, 0) is 77.2 Å². The van der Waals surface area contributed by atoms with E-state index in [1.165, 1.54) is 16.2 Å². The van der Waals surface area contributed by atoms with Crippen molar-refractivity contribution in [3.8, 4) is 16.5 Å². The van der Waals surface area contributed by atoms with Gasteiger partial charge in [-0.1, -0.05) is 32.4 Å². The summed E-state index contributed by atoms with van der Waals surface area (Å²) in [5.41, 5.74) is -3.76. The Bertz CT molecular complexity index is 1970. The molecule has 4 heterocycles. The van der Waals surface area contributed by atoms with E-state index in [4.69, 9.17) is 9.47 Å². The van der Waals surface area contributed by atoms with Crippen LogP contribution in [0.25, 0.3) is 10.6 Å². The second-order valence-electron chi connectivity index (χ2n) is 16.4. The number of carbonyl (C=O) groups excluding carboxylic acids is 4. The number of alkyl halides is 3. The van der Waals surface area contributed by atoms with Crippen LogP contribution in [0.15, 0.2) is 42.1 Å². The van der Waals surface area contributed by atoms with E-state index in [1.54, 1.807) is 44.4 Å². The number of nitrogens with zero attached hydrogens (tertiary/aromatic N) is 3. The Balaban J connectivity index is 1.33. The van der Waals surface area contributed by atoms with Crippen LogP contribution in [0.3, 0.4) is 0 Å². The number of nitrogens with one attached hydrogen (secondary N) is 3. The van der Waals surface area contributed by atoms with Crippen LogP contribution in [0.1, 0.15) is 86.0 Å². The molecule has 3 fully saturated rings. The van der Waals surface area contributed by atoms with Gasteiger partial charge in [-0.2, -0.15) is 13.2 Å². The van der Waals surface area contributed by atoms with Crippen LogP contribution in [-0.2, 0) is 29.1 Å². The van der Waals surface area contributed by atoms with Crippen molar-refractivity contribution in [1.82, 2.24) is 30.2 Å². The first kappa shape index (κ1) is 42.3. The summed E-state index contributed by atoms with van der Waals surface area (Å²) in [5, 5.41) is 7.78. The molecule has 3 N–H and O–H groups in total. The van der Waals surface area contributed by atoms with Gasteiger partial charge in [-0.25, -0.2) is 23.2 Å². The number of hydrogen-bond donors (Lipinski definition) is 3. The second kappa shape index (κ2) is 15.8. The van der Waals surface area contributed by atoms with E-state index in [1.807, 2.05) is 18.4 Å². The third-order valence-electron chi connectivity index (χ3n) is 11.6. The van der Waals surface area contributed by atoms with Gasteiger partial charge in [-0.15, -0.1) is 11.3 Å². The molecule has 1 saturated heterocycles. The quantitative estimate of drug-likeness (QED) is 0.281. The lowest BCUT2D eigenvalue weighted by atomic mass is 9.85. The zero-order valence-electron chi connectivity index (χ0n) is 32.4. The van der Waals surface area contributed by atoms with E-state index in [-0.39, 0.29) is 31.2 Å². The molecular formula is C38H49F3N6O8S2. The standard InChI is InChI=1S/C38H49F3N6O8S2/c1-6-23-17-22(2)9-7-8-10-25-19-37(25,33(50)46-57(52,53)36(5)13-14-36)45-30(48)27-18-26(54-28-12-11-24(20-43-28)31-42-15-16-56-31)21-47(27)32(49)29(23)44-34(51)55-35(3,4)38(39,40)41/h8,10-12,15-16,20,22-23,25-27,29H,6-7,9,13-14,17-19,21H2,1-5H3,(H,44,51)(H,45,48)(H,46,50)/b10-8-/t22-,23-,25-,26-,27+,29+,37-/m1/s1. The van der Waals surface area contributed by atoms with Crippen LogP contribution in [0.4, 0.5) is 18.0 Å². The van der Waals surface area contributed by atoms with Crippen molar-refractivity contribution < 1.29 is 50.2 Å². The summed E-state index contributed by atoms with van der Waals surface area (Å²) >= 11 is 1.42. The summed E-state index contributed by atoms with van der Waals surface area (Å²) in [6.07, 6.45) is 2.42. The fourth-order valence-corrected chi connectivity index (χ4v) is 9.32. The van der Waals surface area contributed by atoms with Gasteiger partial charge in [0, 0.05) is 41.7 Å². The molecular weight excluding hydrogens is 790 g/mol. The molecule has 0 radical (unpaired) electrons. The maximum absolute atomic E-state index is 14.8. The summed E-state index contributed by atoms with van der Waals surface area (Å²) in [7, 11) is -4.07. The van der Waals surface area contributed by atoms with Crippen LogP contribution < -0.4 is 20.1 Å². The highest BCUT2D eigenvalue weighted by Crippen LogP contribution is 2.47. The topological polar surface area (TPSA) is 186 Å². The SMILES string of the molecule is CC[C@@H]1C[C@H](C)CC/C=C\[C@@H]2C[C@@]2(C(=O)NS(=O)(=O)C2(C)CC2)NC(=O)[C@@H]2C[C@@H](Oc3ccc(-c4nccs4)cn3)CN2C(=O)[C@H]1NC(=O)OC(C)(C)C(F)(F)F. The van der Waals surface area contributed by atoms with Crippen molar-refractivity contribution in [2.75, 3.05) is 6.54 Å². The van der Waals surface area contributed by atoms with Gasteiger partial charge in [0.25, 0.3) is 5.91 Å². The number of sulfonamides is 1. The van der Waals surface area contributed by atoms with Crippen LogP contribution >= 0.6 is 11.3 Å². The minimum atomic E-state index is -4.91. The molecule has 7 atom stereocenters. The fourth-order valence-electron chi connectivity index (χ4n) is 7.37. The summed E-state index contributed by atoms with van der Waals surface area (Å²) in [5.74, 6) is -3.35. The zero-order chi connectivity index (χ0) is 41.6. The predicted molar refractivity (Wildman–Crippen MR) is 203 cm³/mol. The third-order valence-corrected chi connectivity index (χ3v) is 14.6. The van der Waals surface area contributed by atoms with Crippen LogP contribution in [0, 0.1) is 17.8 Å². The molecule has 2 aliphatic carbocycles. The lowest BCUT2D eigenvalue weighted by molar-refractivity contribution is -0.244. The third kappa shape index (κ3) is 9.08. The number of amides is 4. The first-order valence-corrected chi connectivity index (χ1v) is 21.5. The van der Waals surface area contributed by atoms with Crippen LogP contribution in [0.5, 0.6) is 5.88 Å². The van der Waals surface area contributed by atoms with Gasteiger partial charge in [-0.3, -0.25) is 19.1 Å². The van der Waals surface area contributed by atoms with E-state index in [0.717, 1.165) is 10.6 Å². The maximum atomic E-state index is 14.8. The Morgan fingerprint density at radius 2 is 1.88 bits per heavy atom. The molecule has 2 aromatic heterocycles. The Kier molecular flexibility index (Phi) is 11.8. The zero-order valence-corrected chi connectivity index (χ0v) is 34.1. The molecule has 14 nitrogen and oxygen atoms in total. The van der Waals surface area contributed by atoms with Gasteiger partial charge in [0.05, 0.1) is 11.3 Å². The summed E-state index contributed by atoms with van der Waals surface area (Å²) in [6, 6.07) is 0.673. The molecule has 57 heavy (non-hydrogen) atoms. The van der Waals surface area contributed by atoms with Crippen molar-refractivity contribution in [2.24, 2.45) is 17.8 Å². The summed E-state index contributed by atoms with van der Waals surface area (Å²) < 4.78 is 79.7. The Labute approximate surface area is 333 Å². The lowest BCUT2D eigenvalue weighted by Gasteiger charge is -2.35. The number of allylic oxidation sites excluding steroid dienone is 1. The van der Waals surface area contributed by atoms with Crippen molar-refractivity contribution >= 4 is 45.2 Å². The number of carbonyl (C=O) groups is 4.